The number of hydrogen-bond donors (Lipinski definition) is 1. The minimum Gasteiger partial charge on any atom is -0.381 e. The maximum atomic E-state index is 3.83. The zero-order chi connectivity index (χ0) is 13.0. The van der Waals surface area contributed by atoms with Crippen LogP contribution >= 0.6 is 22.6 Å². The van der Waals surface area contributed by atoms with Crippen molar-refractivity contribution >= 4 is 28.3 Å². The van der Waals surface area contributed by atoms with Crippen molar-refractivity contribution in [2.24, 2.45) is 16.7 Å². The molecule has 2 bridgehead atoms. The molecule has 0 spiro atoms. The average Bonchev–Trinajstić information content (AvgIpc) is 2.65. The second-order valence-corrected chi connectivity index (χ2v) is 7.95. The van der Waals surface area contributed by atoms with E-state index in [1.165, 1.54) is 28.5 Å². The van der Waals surface area contributed by atoms with Crippen LogP contribution in [-0.4, -0.2) is 6.04 Å². The molecular formula is C16H22IN. The van der Waals surface area contributed by atoms with E-state index in [0.717, 1.165) is 5.92 Å². The second kappa shape index (κ2) is 4.12. The van der Waals surface area contributed by atoms with Crippen LogP contribution in [0.1, 0.15) is 40.0 Å². The summed E-state index contributed by atoms with van der Waals surface area (Å²) in [4.78, 5) is 0. The van der Waals surface area contributed by atoms with E-state index in [4.69, 9.17) is 0 Å². The fourth-order valence-electron chi connectivity index (χ4n) is 4.19. The van der Waals surface area contributed by atoms with E-state index in [2.05, 4.69) is 72.9 Å². The monoisotopic (exact) mass is 355 g/mol. The molecule has 2 aliphatic carbocycles. The SMILES string of the molecule is CC1(C)C2CCC1(C)C(Nc1ccccc1I)C2. The van der Waals surface area contributed by atoms with Gasteiger partial charge in [-0.25, -0.2) is 0 Å². The van der Waals surface area contributed by atoms with Crippen molar-refractivity contribution in [1.29, 1.82) is 0 Å². The molecule has 2 heteroatoms. The molecule has 2 saturated carbocycles. The van der Waals surface area contributed by atoms with Gasteiger partial charge in [0.1, 0.15) is 0 Å². The Bertz CT molecular complexity index is 468. The van der Waals surface area contributed by atoms with E-state index < -0.39 is 0 Å². The molecule has 3 atom stereocenters. The molecule has 2 fully saturated rings. The minimum absolute atomic E-state index is 0.455. The summed E-state index contributed by atoms with van der Waals surface area (Å²) < 4.78 is 1.33. The topological polar surface area (TPSA) is 12.0 Å². The third-order valence-corrected chi connectivity index (χ3v) is 6.94. The summed E-state index contributed by atoms with van der Waals surface area (Å²) in [7, 11) is 0. The van der Waals surface area contributed by atoms with Gasteiger partial charge in [-0.1, -0.05) is 32.9 Å². The van der Waals surface area contributed by atoms with Crippen molar-refractivity contribution in [2.75, 3.05) is 5.32 Å². The fraction of sp³-hybridized carbons (Fsp3) is 0.625. The molecule has 0 aliphatic heterocycles. The standard InChI is InChI=1S/C16H22IN/c1-15(2)11-8-9-16(15,3)14(10-11)18-13-7-5-4-6-12(13)17/h4-7,11,14,18H,8-10H2,1-3H3. The lowest BCUT2D eigenvalue weighted by atomic mass is 9.69. The highest BCUT2D eigenvalue weighted by molar-refractivity contribution is 14.1. The van der Waals surface area contributed by atoms with Crippen molar-refractivity contribution < 1.29 is 0 Å². The Morgan fingerprint density at radius 2 is 1.94 bits per heavy atom. The number of rotatable bonds is 2. The van der Waals surface area contributed by atoms with Crippen molar-refractivity contribution in [3.63, 3.8) is 0 Å². The van der Waals surface area contributed by atoms with Gasteiger partial charge >= 0.3 is 0 Å². The van der Waals surface area contributed by atoms with Crippen LogP contribution in [0, 0.1) is 20.3 Å². The van der Waals surface area contributed by atoms with Crippen LogP contribution < -0.4 is 5.32 Å². The van der Waals surface area contributed by atoms with Gasteiger partial charge in [0.05, 0.1) is 0 Å². The van der Waals surface area contributed by atoms with Crippen LogP contribution in [0.4, 0.5) is 5.69 Å². The minimum atomic E-state index is 0.455. The quantitative estimate of drug-likeness (QED) is 0.743. The molecule has 3 unspecified atom stereocenters. The number of hydrogen-bond acceptors (Lipinski definition) is 1. The van der Waals surface area contributed by atoms with E-state index in [0.29, 0.717) is 16.9 Å². The first-order valence-corrected chi connectivity index (χ1v) is 8.04. The third-order valence-electron chi connectivity index (χ3n) is 6.00. The van der Waals surface area contributed by atoms with Gasteiger partial charge in [0.15, 0.2) is 0 Å². The number of benzene rings is 1. The lowest BCUT2D eigenvalue weighted by molar-refractivity contribution is 0.142. The Morgan fingerprint density at radius 3 is 2.50 bits per heavy atom. The number of para-hydroxylation sites is 1. The van der Waals surface area contributed by atoms with Crippen LogP contribution in [0.5, 0.6) is 0 Å². The molecule has 1 aromatic rings. The zero-order valence-corrected chi connectivity index (χ0v) is 13.6. The Balaban J connectivity index is 1.86. The summed E-state index contributed by atoms with van der Waals surface area (Å²) in [6, 6.07) is 9.28. The number of nitrogens with one attached hydrogen (secondary N) is 1. The van der Waals surface area contributed by atoms with E-state index in [1.54, 1.807) is 0 Å². The first-order valence-electron chi connectivity index (χ1n) is 6.96. The molecule has 0 amide bonds. The Labute approximate surface area is 124 Å². The predicted octanol–water partition coefficient (Wildman–Crippen LogP) is 4.92. The molecule has 98 valence electrons. The van der Waals surface area contributed by atoms with Crippen molar-refractivity contribution in [2.45, 2.75) is 46.1 Å². The molecule has 0 aromatic heterocycles. The van der Waals surface area contributed by atoms with Gasteiger partial charge in [0, 0.05) is 15.3 Å². The molecule has 3 rings (SSSR count). The van der Waals surface area contributed by atoms with Crippen LogP contribution in [0.3, 0.4) is 0 Å². The second-order valence-electron chi connectivity index (χ2n) is 6.79. The highest BCUT2D eigenvalue weighted by Crippen LogP contribution is 2.65. The molecule has 0 radical (unpaired) electrons. The van der Waals surface area contributed by atoms with Crippen LogP contribution in [-0.2, 0) is 0 Å². The third kappa shape index (κ3) is 1.64. The summed E-state index contributed by atoms with van der Waals surface area (Å²) >= 11 is 2.43. The number of halogens is 1. The summed E-state index contributed by atoms with van der Waals surface area (Å²) in [5.41, 5.74) is 2.26. The highest BCUT2D eigenvalue weighted by Gasteiger charge is 2.61. The van der Waals surface area contributed by atoms with Gasteiger partial charge in [-0.05, 0) is 70.7 Å². The summed E-state index contributed by atoms with van der Waals surface area (Å²) in [6.45, 7) is 7.44. The van der Waals surface area contributed by atoms with Crippen LogP contribution in [0.2, 0.25) is 0 Å². The molecule has 1 aromatic carbocycles. The molecule has 18 heavy (non-hydrogen) atoms. The first kappa shape index (κ1) is 12.8. The summed E-state index contributed by atoms with van der Waals surface area (Å²) in [5.74, 6) is 0.904. The molecule has 0 heterocycles. The zero-order valence-electron chi connectivity index (χ0n) is 11.5. The Hall–Kier alpha value is -0.250. The normalized spacial score (nSPS) is 36.9. The molecule has 0 saturated heterocycles. The predicted molar refractivity (Wildman–Crippen MR) is 85.8 cm³/mol. The van der Waals surface area contributed by atoms with E-state index in [9.17, 15) is 0 Å². The highest BCUT2D eigenvalue weighted by atomic mass is 127. The fourth-order valence-corrected chi connectivity index (χ4v) is 4.73. The maximum absolute atomic E-state index is 3.83. The summed E-state index contributed by atoms with van der Waals surface area (Å²) in [6.07, 6.45) is 4.15. The molecule has 2 aliphatic rings. The largest absolute Gasteiger partial charge is 0.381 e. The Kier molecular flexibility index (Phi) is 2.92. The van der Waals surface area contributed by atoms with E-state index in [1.807, 2.05) is 0 Å². The maximum Gasteiger partial charge on any atom is 0.0478 e. The van der Waals surface area contributed by atoms with Gasteiger partial charge in [-0.15, -0.1) is 0 Å². The van der Waals surface area contributed by atoms with Crippen LogP contribution in [0.15, 0.2) is 24.3 Å². The molecule has 1 N–H and O–H groups in total. The lowest BCUT2D eigenvalue weighted by Crippen LogP contribution is -2.40. The van der Waals surface area contributed by atoms with Crippen molar-refractivity contribution in [3.8, 4) is 0 Å². The molecule has 1 nitrogen and oxygen atoms in total. The van der Waals surface area contributed by atoms with Gasteiger partial charge < -0.3 is 5.32 Å². The Morgan fingerprint density at radius 1 is 1.22 bits per heavy atom. The number of fused-ring (bicyclic) bond motifs is 2. The van der Waals surface area contributed by atoms with Crippen LogP contribution in [0.25, 0.3) is 0 Å². The smallest absolute Gasteiger partial charge is 0.0478 e. The first-order chi connectivity index (χ1) is 8.45. The van der Waals surface area contributed by atoms with Crippen molar-refractivity contribution in [3.05, 3.63) is 27.8 Å². The van der Waals surface area contributed by atoms with Gasteiger partial charge in [-0.3, -0.25) is 0 Å². The van der Waals surface area contributed by atoms with Gasteiger partial charge in [0.2, 0.25) is 0 Å². The van der Waals surface area contributed by atoms with Crippen molar-refractivity contribution in [1.82, 2.24) is 0 Å². The van der Waals surface area contributed by atoms with Gasteiger partial charge in [0.25, 0.3) is 0 Å². The summed E-state index contributed by atoms with van der Waals surface area (Å²) in [5, 5.41) is 3.83. The van der Waals surface area contributed by atoms with Gasteiger partial charge in [-0.2, -0.15) is 0 Å². The lowest BCUT2D eigenvalue weighted by Gasteiger charge is -2.40. The van der Waals surface area contributed by atoms with E-state index in [-0.39, 0.29) is 0 Å². The number of anilines is 1. The molecular weight excluding hydrogens is 333 g/mol. The average molecular weight is 355 g/mol. The van der Waals surface area contributed by atoms with E-state index >= 15 is 0 Å².